The van der Waals surface area contributed by atoms with E-state index in [1.54, 1.807) is 36.4 Å². The predicted molar refractivity (Wildman–Crippen MR) is 90.2 cm³/mol. The highest BCUT2D eigenvalue weighted by Gasteiger charge is 2.18. The molecule has 0 aliphatic heterocycles. The topological polar surface area (TPSA) is 92.3 Å². The van der Waals surface area contributed by atoms with E-state index in [1.807, 2.05) is 0 Å². The van der Waals surface area contributed by atoms with Crippen LogP contribution in [0.3, 0.4) is 0 Å². The zero-order valence-corrected chi connectivity index (χ0v) is 13.3. The van der Waals surface area contributed by atoms with Crippen LogP contribution in [-0.4, -0.2) is 23.4 Å². The summed E-state index contributed by atoms with van der Waals surface area (Å²) in [5.41, 5.74) is 1.13. The third kappa shape index (κ3) is 3.92. The molecule has 0 saturated carbocycles. The molecule has 0 atom stereocenters. The van der Waals surface area contributed by atoms with E-state index < -0.39 is 11.8 Å². The van der Waals surface area contributed by atoms with Gasteiger partial charge < -0.3 is 10.6 Å². The second-order valence-electron chi connectivity index (χ2n) is 5.11. The number of amides is 2. The van der Waals surface area contributed by atoms with Crippen molar-refractivity contribution in [1.29, 1.82) is 0 Å². The lowest BCUT2D eigenvalue weighted by molar-refractivity contribution is -0.133. The molecule has 0 unspecified atom stereocenters. The Labute approximate surface area is 138 Å². The van der Waals surface area contributed by atoms with E-state index in [2.05, 4.69) is 10.6 Å². The number of para-hydroxylation sites is 2. The van der Waals surface area contributed by atoms with Gasteiger partial charge in [-0.25, -0.2) is 0 Å². The Morgan fingerprint density at radius 1 is 0.625 bits per heavy atom. The Bertz CT molecular complexity index is 758. The number of Topliss-reactive ketones (excluding diaryl/α,β-unsaturated/α-hetero) is 2. The minimum absolute atomic E-state index is 0.228. The summed E-state index contributed by atoms with van der Waals surface area (Å²) < 4.78 is 0. The Morgan fingerprint density at radius 3 is 1.29 bits per heavy atom. The maximum Gasteiger partial charge on any atom is 0.314 e. The van der Waals surface area contributed by atoms with Gasteiger partial charge in [0.1, 0.15) is 0 Å². The molecule has 0 aliphatic rings. The van der Waals surface area contributed by atoms with Crippen molar-refractivity contribution in [3.8, 4) is 0 Å². The summed E-state index contributed by atoms with van der Waals surface area (Å²) in [6, 6.07) is 12.8. The Balaban J connectivity index is 2.16. The third-order valence-electron chi connectivity index (χ3n) is 3.32. The number of benzene rings is 2. The first-order valence-electron chi connectivity index (χ1n) is 7.22. The summed E-state index contributed by atoms with van der Waals surface area (Å²) in [7, 11) is 0. The standard InChI is InChI=1S/C18H16N2O4/c1-11(21)13-7-3-5-9-15(13)19-17(23)18(24)20-16-10-6-4-8-14(16)12(2)22/h3-10H,1-2H3,(H,19,23)(H,20,24). The third-order valence-corrected chi connectivity index (χ3v) is 3.32. The van der Waals surface area contributed by atoms with Gasteiger partial charge in [0.2, 0.25) is 0 Å². The first-order valence-corrected chi connectivity index (χ1v) is 7.22. The maximum atomic E-state index is 12.1. The lowest BCUT2D eigenvalue weighted by Crippen LogP contribution is -2.30. The van der Waals surface area contributed by atoms with Gasteiger partial charge >= 0.3 is 11.8 Å². The van der Waals surface area contributed by atoms with Crippen LogP contribution in [0.1, 0.15) is 34.6 Å². The van der Waals surface area contributed by atoms with E-state index in [0.29, 0.717) is 11.1 Å². The molecule has 0 aliphatic carbocycles. The number of rotatable bonds is 4. The molecule has 24 heavy (non-hydrogen) atoms. The van der Waals surface area contributed by atoms with Crippen molar-refractivity contribution in [1.82, 2.24) is 0 Å². The molecule has 0 heterocycles. The summed E-state index contributed by atoms with van der Waals surface area (Å²) in [5, 5.41) is 4.81. The number of carbonyl (C=O) groups excluding carboxylic acids is 4. The van der Waals surface area contributed by atoms with Crippen molar-refractivity contribution in [2.75, 3.05) is 10.6 Å². The number of hydrogen-bond donors (Lipinski definition) is 2. The van der Waals surface area contributed by atoms with Crippen molar-refractivity contribution in [2.45, 2.75) is 13.8 Å². The fraction of sp³-hybridized carbons (Fsp3) is 0.111. The molecular formula is C18H16N2O4. The fourth-order valence-electron chi connectivity index (χ4n) is 2.16. The van der Waals surface area contributed by atoms with Crippen LogP contribution in [0.2, 0.25) is 0 Å². The van der Waals surface area contributed by atoms with E-state index in [-0.39, 0.29) is 22.9 Å². The highest BCUT2D eigenvalue weighted by atomic mass is 16.2. The zero-order chi connectivity index (χ0) is 17.7. The van der Waals surface area contributed by atoms with Crippen LogP contribution < -0.4 is 10.6 Å². The van der Waals surface area contributed by atoms with Crippen LogP contribution in [0.15, 0.2) is 48.5 Å². The van der Waals surface area contributed by atoms with E-state index in [9.17, 15) is 19.2 Å². The minimum atomic E-state index is -0.929. The van der Waals surface area contributed by atoms with Gasteiger partial charge in [-0.2, -0.15) is 0 Å². The van der Waals surface area contributed by atoms with E-state index in [4.69, 9.17) is 0 Å². The minimum Gasteiger partial charge on any atom is -0.317 e. The second-order valence-corrected chi connectivity index (χ2v) is 5.11. The summed E-state index contributed by atoms with van der Waals surface area (Å²) in [6.07, 6.45) is 0. The number of anilines is 2. The molecular weight excluding hydrogens is 308 g/mol. The zero-order valence-electron chi connectivity index (χ0n) is 13.3. The van der Waals surface area contributed by atoms with Crippen LogP contribution >= 0.6 is 0 Å². The molecule has 6 nitrogen and oxygen atoms in total. The normalized spacial score (nSPS) is 9.92. The molecule has 0 spiro atoms. The number of nitrogens with one attached hydrogen (secondary N) is 2. The van der Waals surface area contributed by atoms with Crippen LogP contribution in [-0.2, 0) is 9.59 Å². The molecule has 0 aromatic heterocycles. The number of ketones is 2. The lowest BCUT2D eigenvalue weighted by atomic mass is 10.1. The molecule has 0 radical (unpaired) electrons. The molecule has 0 bridgehead atoms. The number of carbonyl (C=O) groups is 4. The molecule has 2 amide bonds. The summed E-state index contributed by atoms with van der Waals surface area (Å²) >= 11 is 0. The molecule has 122 valence electrons. The quantitative estimate of drug-likeness (QED) is 0.668. The van der Waals surface area contributed by atoms with E-state index >= 15 is 0 Å². The van der Waals surface area contributed by atoms with Gasteiger partial charge in [0.05, 0.1) is 11.4 Å². The highest BCUT2D eigenvalue weighted by Crippen LogP contribution is 2.17. The van der Waals surface area contributed by atoms with Crippen molar-refractivity contribution >= 4 is 34.8 Å². The molecule has 2 N–H and O–H groups in total. The van der Waals surface area contributed by atoms with Crippen LogP contribution in [0.5, 0.6) is 0 Å². The molecule has 2 rings (SSSR count). The van der Waals surface area contributed by atoms with Crippen molar-refractivity contribution in [3.05, 3.63) is 59.7 Å². The SMILES string of the molecule is CC(=O)c1ccccc1NC(=O)C(=O)Nc1ccccc1C(C)=O. The first-order chi connectivity index (χ1) is 11.4. The van der Waals surface area contributed by atoms with Gasteiger partial charge in [-0.15, -0.1) is 0 Å². The van der Waals surface area contributed by atoms with Gasteiger partial charge in [-0.1, -0.05) is 24.3 Å². The van der Waals surface area contributed by atoms with Crippen molar-refractivity contribution in [3.63, 3.8) is 0 Å². The molecule has 2 aromatic carbocycles. The van der Waals surface area contributed by atoms with Gasteiger partial charge in [-0.3, -0.25) is 19.2 Å². The maximum absolute atomic E-state index is 12.1. The van der Waals surface area contributed by atoms with Gasteiger partial charge in [0.15, 0.2) is 11.6 Å². The summed E-state index contributed by atoms with van der Waals surface area (Å²) in [6.45, 7) is 2.74. The van der Waals surface area contributed by atoms with Crippen LogP contribution in [0.25, 0.3) is 0 Å². The largest absolute Gasteiger partial charge is 0.317 e. The second kappa shape index (κ2) is 7.32. The van der Waals surface area contributed by atoms with E-state index in [1.165, 1.54) is 26.0 Å². The number of hydrogen-bond acceptors (Lipinski definition) is 4. The average Bonchev–Trinajstić information content (AvgIpc) is 2.55. The van der Waals surface area contributed by atoms with Gasteiger partial charge in [0.25, 0.3) is 0 Å². The molecule has 0 saturated heterocycles. The Kier molecular flexibility index (Phi) is 5.21. The first kappa shape index (κ1) is 17.1. The Morgan fingerprint density at radius 2 is 0.958 bits per heavy atom. The van der Waals surface area contributed by atoms with Crippen molar-refractivity contribution in [2.24, 2.45) is 0 Å². The molecule has 0 fully saturated rings. The average molecular weight is 324 g/mol. The Hall–Kier alpha value is -3.28. The van der Waals surface area contributed by atoms with Gasteiger partial charge in [-0.05, 0) is 38.1 Å². The van der Waals surface area contributed by atoms with E-state index in [0.717, 1.165) is 0 Å². The van der Waals surface area contributed by atoms with Gasteiger partial charge in [0, 0.05) is 11.1 Å². The monoisotopic (exact) mass is 324 g/mol. The van der Waals surface area contributed by atoms with Crippen molar-refractivity contribution < 1.29 is 19.2 Å². The smallest absolute Gasteiger partial charge is 0.314 e. The predicted octanol–water partition coefficient (Wildman–Crippen LogP) is 2.67. The summed E-state index contributed by atoms with van der Waals surface area (Å²) in [5.74, 6) is -2.31. The lowest BCUT2D eigenvalue weighted by Gasteiger charge is -2.11. The molecule has 6 heteroatoms. The van der Waals surface area contributed by atoms with Crippen LogP contribution in [0.4, 0.5) is 11.4 Å². The molecule has 2 aromatic rings. The van der Waals surface area contributed by atoms with Crippen LogP contribution in [0, 0.1) is 0 Å². The fourth-order valence-corrected chi connectivity index (χ4v) is 2.16. The highest BCUT2D eigenvalue weighted by molar-refractivity contribution is 6.44. The summed E-state index contributed by atoms with van der Waals surface area (Å²) in [4.78, 5) is 47.2.